The molecule has 1 N–H and O–H groups in total. The lowest BCUT2D eigenvalue weighted by molar-refractivity contribution is -0.137. The van der Waals surface area contributed by atoms with Crippen molar-refractivity contribution in [3.8, 4) is 0 Å². The third-order valence-electron chi connectivity index (χ3n) is 3.18. The molecule has 1 heterocycles. The largest absolute Gasteiger partial charge is 0.480 e. The van der Waals surface area contributed by atoms with E-state index in [2.05, 4.69) is 5.10 Å². The van der Waals surface area contributed by atoms with Crippen molar-refractivity contribution in [1.82, 2.24) is 14.1 Å². The molecular weight excluding hydrogens is 282 g/mol. The Morgan fingerprint density at radius 3 is 2.80 bits per heavy atom. The lowest BCUT2D eigenvalue weighted by atomic mass is 10.4. The van der Waals surface area contributed by atoms with E-state index >= 15 is 0 Å². The van der Waals surface area contributed by atoms with Gasteiger partial charge in [-0.2, -0.15) is 9.40 Å². The summed E-state index contributed by atoms with van der Waals surface area (Å²) in [6.45, 7) is 2.61. The summed E-state index contributed by atoms with van der Waals surface area (Å²) < 4.78 is 27.6. The molecular formula is C12H19N3O4S. The highest BCUT2D eigenvalue weighted by atomic mass is 32.2. The Kier molecular flexibility index (Phi) is 4.44. The minimum absolute atomic E-state index is 0.0628. The smallest absolute Gasteiger partial charge is 0.325 e. The van der Waals surface area contributed by atoms with Crippen LogP contribution in [0.3, 0.4) is 0 Å². The number of sulfonamides is 1. The van der Waals surface area contributed by atoms with Crippen molar-refractivity contribution >= 4 is 16.0 Å². The Morgan fingerprint density at radius 1 is 1.55 bits per heavy atom. The Hall–Kier alpha value is -1.41. The third-order valence-corrected chi connectivity index (χ3v) is 4.99. The molecule has 20 heavy (non-hydrogen) atoms. The van der Waals surface area contributed by atoms with Gasteiger partial charge in [0, 0.05) is 19.3 Å². The van der Waals surface area contributed by atoms with Gasteiger partial charge in [-0.05, 0) is 25.2 Å². The number of aliphatic carboxylic acids is 1. The summed E-state index contributed by atoms with van der Waals surface area (Å²) in [5, 5.41) is 12.5. The summed E-state index contributed by atoms with van der Waals surface area (Å²) in [7, 11) is -3.58. The summed E-state index contributed by atoms with van der Waals surface area (Å²) in [6, 6.07) is 0. The first-order valence-electron chi connectivity index (χ1n) is 6.68. The minimum atomic E-state index is -3.58. The quantitative estimate of drug-likeness (QED) is 0.766. The van der Waals surface area contributed by atoms with Gasteiger partial charge in [0.2, 0.25) is 10.0 Å². The third kappa shape index (κ3) is 3.57. The Labute approximate surface area is 118 Å². The predicted octanol–water partition coefficient (Wildman–Crippen LogP) is 0.778. The average Bonchev–Trinajstić information content (AvgIpc) is 3.05. The van der Waals surface area contributed by atoms with Crippen LogP contribution in [0.5, 0.6) is 0 Å². The first-order chi connectivity index (χ1) is 9.43. The molecule has 0 aliphatic heterocycles. The van der Waals surface area contributed by atoms with Crippen molar-refractivity contribution in [2.45, 2.75) is 37.6 Å². The van der Waals surface area contributed by atoms with Crippen LogP contribution in [0.4, 0.5) is 0 Å². The van der Waals surface area contributed by atoms with Gasteiger partial charge in [0.25, 0.3) is 0 Å². The van der Waals surface area contributed by atoms with E-state index in [0.29, 0.717) is 19.0 Å². The number of hydrogen-bond donors (Lipinski definition) is 1. The summed E-state index contributed by atoms with van der Waals surface area (Å²) >= 11 is 0. The number of rotatable bonds is 8. The topological polar surface area (TPSA) is 92.5 Å². The van der Waals surface area contributed by atoms with Crippen LogP contribution in [0.25, 0.3) is 0 Å². The van der Waals surface area contributed by atoms with Crippen molar-refractivity contribution in [2.24, 2.45) is 5.92 Å². The molecule has 1 aromatic heterocycles. The zero-order valence-electron chi connectivity index (χ0n) is 11.4. The number of carbonyl (C=O) groups is 1. The van der Waals surface area contributed by atoms with Crippen LogP contribution < -0.4 is 0 Å². The lowest BCUT2D eigenvalue weighted by Crippen LogP contribution is -2.33. The van der Waals surface area contributed by atoms with Gasteiger partial charge in [-0.25, -0.2) is 8.42 Å². The van der Waals surface area contributed by atoms with Crippen LogP contribution in [0, 0.1) is 5.92 Å². The maximum Gasteiger partial charge on any atom is 0.325 e. The maximum absolute atomic E-state index is 12.5. The normalized spacial score (nSPS) is 15.7. The van der Waals surface area contributed by atoms with E-state index in [-0.39, 0.29) is 11.4 Å². The molecule has 0 aromatic carbocycles. The van der Waals surface area contributed by atoms with Crippen molar-refractivity contribution in [3.63, 3.8) is 0 Å². The molecule has 1 aromatic rings. The van der Waals surface area contributed by atoms with Crippen LogP contribution >= 0.6 is 0 Å². The van der Waals surface area contributed by atoms with E-state index in [1.54, 1.807) is 0 Å². The molecule has 8 heteroatoms. The molecule has 2 rings (SSSR count). The lowest BCUT2D eigenvalue weighted by Gasteiger charge is -2.20. The van der Waals surface area contributed by atoms with E-state index in [1.807, 2.05) is 6.92 Å². The number of nitrogens with zero attached hydrogens (tertiary/aromatic N) is 3. The molecule has 0 spiro atoms. The minimum Gasteiger partial charge on any atom is -0.480 e. The average molecular weight is 301 g/mol. The molecule has 0 saturated heterocycles. The van der Waals surface area contributed by atoms with E-state index < -0.39 is 16.0 Å². The number of carboxylic acid groups (broad SMARTS) is 1. The molecule has 1 fully saturated rings. The molecule has 1 saturated carbocycles. The molecule has 112 valence electrons. The fraction of sp³-hybridized carbons (Fsp3) is 0.667. The molecule has 1 aliphatic rings. The van der Waals surface area contributed by atoms with Crippen LogP contribution in [-0.4, -0.2) is 46.7 Å². The number of carboxylic acids is 1. The fourth-order valence-corrected chi connectivity index (χ4v) is 3.56. The van der Waals surface area contributed by atoms with E-state index in [0.717, 1.165) is 23.9 Å². The zero-order valence-corrected chi connectivity index (χ0v) is 12.2. The Bertz CT molecular complexity index is 577. The van der Waals surface area contributed by atoms with Crippen molar-refractivity contribution < 1.29 is 18.3 Å². The first-order valence-corrected chi connectivity index (χ1v) is 8.12. The van der Waals surface area contributed by atoms with Gasteiger partial charge in [0.1, 0.15) is 11.4 Å². The monoisotopic (exact) mass is 301 g/mol. The molecule has 0 unspecified atom stereocenters. The molecule has 0 bridgehead atoms. The van der Waals surface area contributed by atoms with Crippen LogP contribution in [0.15, 0.2) is 17.3 Å². The Morgan fingerprint density at radius 2 is 2.25 bits per heavy atom. The maximum atomic E-state index is 12.5. The van der Waals surface area contributed by atoms with E-state index in [9.17, 15) is 13.2 Å². The van der Waals surface area contributed by atoms with Crippen LogP contribution in [0.1, 0.15) is 26.2 Å². The summed E-state index contributed by atoms with van der Waals surface area (Å²) in [5.41, 5.74) is 0. The van der Waals surface area contributed by atoms with E-state index in [1.165, 1.54) is 16.7 Å². The summed E-state index contributed by atoms with van der Waals surface area (Å²) in [4.78, 5) is 10.7. The highest BCUT2D eigenvalue weighted by molar-refractivity contribution is 7.89. The zero-order chi connectivity index (χ0) is 14.8. The highest BCUT2D eigenvalue weighted by Gasteiger charge is 2.31. The van der Waals surface area contributed by atoms with Crippen LogP contribution in [-0.2, 0) is 21.4 Å². The van der Waals surface area contributed by atoms with Gasteiger partial charge in [-0.1, -0.05) is 6.92 Å². The first kappa shape index (κ1) is 15.0. The van der Waals surface area contributed by atoms with Gasteiger partial charge in [0.15, 0.2) is 0 Å². The van der Waals surface area contributed by atoms with Crippen LogP contribution in [0.2, 0.25) is 0 Å². The summed E-state index contributed by atoms with van der Waals surface area (Å²) in [5.74, 6) is -0.592. The SMILES string of the molecule is CCCN(CC1CC1)S(=O)(=O)c1cnn(CC(=O)O)c1. The molecule has 0 radical (unpaired) electrons. The molecule has 0 amide bonds. The molecule has 7 nitrogen and oxygen atoms in total. The molecule has 0 atom stereocenters. The fourth-order valence-electron chi connectivity index (χ4n) is 2.00. The predicted molar refractivity (Wildman–Crippen MR) is 71.6 cm³/mol. The van der Waals surface area contributed by atoms with Crippen molar-refractivity contribution in [2.75, 3.05) is 13.1 Å². The second kappa shape index (κ2) is 5.92. The Balaban J connectivity index is 2.17. The summed E-state index contributed by atoms with van der Waals surface area (Å²) in [6.07, 6.45) is 5.39. The van der Waals surface area contributed by atoms with Gasteiger partial charge >= 0.3 is 5.97 Å². The highest BCUT2D eigenvalue weighted by Crippen LogP contribution is 2.31. The van der Waals surface area contributed by atoms with Crippen molar-refractivity contribution in [1.29, 1.82) is 0 Å². The molecule has 1 aliphatic carbocycles. The van der Waals surface area contributed by atoms with E-state index in [4.69, 9.17) is 5.11 Å². The number of hydrogen-bond acceptors (Lipinski definition) is 4. The van der Waals surface area contributed by atoms with Gasteiger partial charge in [-0.15, -0.1) is 0 Å². The second-order valence-corrected chi connectivity index (χ2v) is 7.01. The van der Waals surface area contributed by atoms with Gasteiger partial charge in [0.05, 0.1) is 6.20 Å². The standard InChI is InChI=1S/C12H19N3O4S/c1-2-5-15(7-10-3-4-10)20(18,19)11-6-13-14(8-11)9-12(16)17/h6,8,10H,2-5,7,9H2,1H3,(H,16,17). The number of aromatic nitrogens is 2. The van der Waals surface area contributed by atoms with Gasteiger partial charge < -0.3 is 5.11 Å². The second-order valence-electron chi connectivity index (χ2n) is 5.07. The van der Waals surface area contributed by atoms with Crippen molar-refractivity contribution in [3.05, 3.63) is 12.4 Å². The van der Waals surface area contributed by atoms with Gasteiger partial charge in [-0.3, -0.25) is 9.48 Å².